The van der Waals surface area contributed by atoms with Crippen LogP contribution in [-0.2, 0) is 12.8 Å². The van der Waals surface area contributed by atoms with Gasteiger partial charge in [0.25, 0.3) is 5.69 Å². The minimum Gasteiger partial charge on any atom is -0.258 e. The molecule has 17 heavy (non-hydrogen) atoms. The normalized spacial score (nSPS) is 10.1. The van der Waals surface area contributed by atoms with Gasteiger partial charge in [0, 0.05) is 12.1 Å². The van der Waals surface area contributed by atoms with Crippen LogP contribution in [0.15, 0.2) is 54.6 Å². The summed E-state index contributed by atoms with van der Waals surface area (Å²) in [5.41, 5.74) is 2.55. The molecule has 0 spiro atoms. The summed E-state index contributed by atoms with van der Waals surface area (Å²) in [6, 6.07) is 17.0. The molecule has 0 N–H and O–H groups in total. The minimum absolute atomic E-state index is 0.147. The SMILES string of the molecule is O=[N+]([O-])c1ccc(CCc2ccccc2)cc1. The Bertz CT molecular complexity index is 491. The van der Waals surface area contributed by atoms with Crippen molar-refractivity contribution in [1.29, 1.82) is 0 Å². The third kappa shape index (κ3) is 3.14. The third-order valence-corrected chi connectivity index (χ3v) is 2.69. The van der Waals surface area contributed by atoms with Crippen molar-refractivity contribution in [1.82, 2.24) is 0 Å². The Kier molecular flexibility index (Phi) is 3.50. The summed E-state index contributed by atoms with van der Waals surface area (Å²) in [6.07, 6.45) is 1.86. The van der Waals surface area contributed by atoms with Gasteiger partial charge in [-0.2, -0.15) is 0 Å². The Morgan fingerprint density at radius 1 is 0.824 bits per heavy atom. The summed E-state index contributed by atoms with van der Waals surface area (Å²) in [5, 5.41) is 10.5. The second kappa shape index (κ2) is 5.25. The summed E-state index contributed by atoms with van der Waals surface area (Å²) in [5.74, 6) is 0. The van der Waals surface area contributed by atoms with Gasteiger partial charge in [-0.3, -0.25) is 10.1 Å². The number of benzene rings is 2. The van der Waals surface area contributed by atoms with E-state index in [0.29, 0.717) is 0 Å². The Hall–Kier alpha value is -2.16. The highest BCUT2D eigenvalue weighted by Gasteiger charge is 2.03. The number of nitro benzene ring substituents is 1. The van der Waals surface area contributed by atoms with E-state index in [1.807, 2.05) is 30.3 Å². The fourth-order valence-corrected chi connectivity index (χ4v) is 1.72. The van der Waals surface area contributed by atoms with Crippen LogP contribution in [0.1, 0.15) is 11.1 Å². The van der Waals surface area contributed by atoms with Crippen molar-refractivity contribution in [3.05, 3.63) is 75.8 Å². The lowest BCUT2D eigenvalue weighted by molar-refractivity contribution is -0.384. The number of hydrogen-bond acceptors (Lipinski definition) is 2. The number of aryl methyl sites for hydroxylation is 2. The maximum atomic E-state index is 10.5. The smallest absolute Gasteiger partial charge is 0.258 e. The molecule has 0 radical (unpaired) electrons. The first-order valence-electron chi connectivity index (χ1n) is 5.53. The summed E-state index contributed by atoms with van der Waals surface area (Å²) >= 11 is 0. The second-order valence-electron chi connectivity index (χ2n) is 3.91. The molecule has 0 aliphatic rings. The zero-order chi connectivity index (χ0) is 12.1. The van der Waals surface area contributed by atoms with E-state index in [0.717, 1.165) is 18.4 Å². The largest absolute Gasteiger partial charge is 0.269 e. The molecule has 0 fully saturated rings. The average molecular weight is 227 g/mol. The fraction of sp³-hybridized carbons (Fsp3) is 0.143. The second-order valence-corrected chi connectivity index (χ2v) is 3.91. The van der Waals surface area contributed by atoms with Crippen molar-refractivity contribution in [3.63, 3.8) is 0 Å². The number of rotatable bonds is 4. The van der Waals surface area contributed by atoms with Gasteiger partial charge < -0.3 is 0 Å². The van der Waals surface area contributed by atoms with Gasteiger partial charge in [-0.1, -0.05) is 42.5 Å². The highest BCUT2D eigenvalue weighted by molar-refractivity contribution is 5.33. The molecule has 2 aromatic rings. The van der Waals surface area contributed by atoms with Crippen molar-refractivity contribution in [2.24, 2.45) is 0 Å². The Balaban J connectivity index is 1.98. The monoisotopic (exact) mass is 227 g/mol. The van der Waals surface area contributed by atoms with Crippen molar-refractivity contribution in [2.75, 3.05) is 0 Å². The average Bonchev–Trinajstić information content (AvgIpc) is 2.38. The molecule has 0 aliphatic carbocycles. The topological polar surface area (TPSA) is 43.1 Å². The molecule has 0 bridgehead atoms. The maximum absolute atomic E-state index is 10.5. The Labute approximate surface area is 99.9 Å². The summed E-state index contributed by atoms with van der Waals surface area (Å²) in [6.45, 7) is 0. The lowest BCUT2D eigenvalue weighted by atomic mass is 10.0. The summed E-state index contributed by atoms with van der Waals surface area (Å²) in [7, 11) is 0. The van der Waals surface area contributed by atoms with E-state index in [2.05, 4.69) is 12.1 Å². The molecule has 2 rings (SSSR count). The zero-order valence-corrected chi connectivity index (χ0v) is 9.37. The summed E-state index contributed by atoms with van der Waals surface area (Å²) < 4.78 is 0. The standard InChI is InChI=1S/C14H13NO2/c16-15(17)14-10-8-13(9-11-14)7-6-12-4-2-1-3-5-12/h1-5,8-11H,6-7H2. The van der Waals surface area contributed by atoms with Crippen LogP contribution in [0, 0.1) is 10.1 Å². The lowest BCUT2D eigenvalue weighted by Gasteiger charge is -2.01. The number of nitro groups is 1. The van der Waals surface area contributed by atoms with Gasteiger partial charge in [0.2, 0.25) is 0 Å². The molecule has 86 valence electrons. The van der Waals surface area contributed by atoms with E-state index in [1.165, 1.54) is 5.56 Å². The van der Waals surface area contributed by atoms with Crippen molar-refractivity contribution >= 4 is 5.69 Å². The molecule has 0 aliphatic heterocycles. The van der Waals surface area contributed by atoms with Gasteiger partial charge in [0.15, 0.2) is 0 Å². The van der Waals surface area contributed by atoms with Crippen LogP contribution < -0.4 is 0 Å². The van der Waals surface area contributed by atoms with Crippen LogP contribution >= 0.6 is 0 Å². The van der Waals surface area contributed by atoms with Crippen molar-refractivity contribution < 1.29 is 4.92 Å². The van der Waals surface area contributed by atoms with Crippen molar-refractivity contribution in [3.8, 4) is 0 Å². The third-order valence-electron chi connectivity index (χ3n) is 2.69. The van der Waals surface area contributed by atoms with Gasteiger partial charge in [-0.25, -0.2) is 0 Å². The van der Waals surface area contributed by atoms with Crippen LogP contribution in [0.5, 0.6) is 0 Å². The van der Waals surface area contributed by atoms with Gasteiger partial charge in [-0.05, 0) is 24.0 Å². The van der Waals surface area contributed by atoms with Gasteiger partial charge in [0.1, 0.15) is 0 Å². The predicted octanol–water partition coefficient (Wildman–Crippen LogP) is 3.38. The molecular formula is C14H13NO2. The first-order valence-corrected chi connectivity index (χ1v) is 5.53. The molecule has 0 amide bonds. The van der Waals surface area contributed by atoms with Gasteiger partial charge >= 0.3 is 0 Å². The molecule has 0 aromatic heterocycles. The number of hydrogen-bond donors (Lipinski definition) is 0. The molecular weight excluding hydrogens is 214 g/mol. The molecule has 2 aromatic carbocycles. The molecule has 0 saturated carbocycles. The first kappa shape index (κ1) is 11.3. The van der Waals surface area contributed by atoms with Gasteiger partial charge in [-0.15, -0.1) is 0 Å². The molecule has 0 unspecified atom stereocenters. The van der Waals surface area contributed by atoms with Crippen LogP contribution in [0.2, 0.25) is 0 Å². The van der Waals surface area contributed by atoms with Gasteiger partial charge in [0.05, 0.1) is 4.92 Å². The van der Waals surface area contributed by atoms with E-state index in [1.54, 1.807) is 12.1 Å². The number of nitrogens with zero attached hydrogens (tertiary/aromatic N) is 1. The predicted molar refractivity (Wildman–Crippen MR) is 66.9 cm³/mol. The highest BCUT2D eigenvalue weighted by atomic mass is 16.6. The van der Waals surface area contributed by atoms with E-state index >= 15 is 0 Å². The molecule has 3 nitrogen and oxygen atoms in total. The lowest BCUT2D eigenvalue weighted by Crippen LogP contribution is -1.92. The van der Waals surface area contributed by atoms with Crippen LogP contribution in [-0.4, -0.2) is 4.92 Å². The van der Waals surface area contributed by atoms with Crippen LogP contribution in [0.4, 0.5) is 5.69 Å². The zero-order valence-electron chi connectivity index (χ0n) is 9.37. The van der Waals surface area contributed by atoms with E-state index < -0.39 is 0 Å². The van der Waals surface area contributed by atoms with E-state index in [9.17, 15) is 10.1 Å². The van der Waals surface area contributed by atoms with Crippen LogP contribution in [0.3, 0.4) is 0 Å². The van der Waals surface area contributed by atoms with Crippen LogP contribution in [0.25, 0.3) is 0 Å². The summed E-state index contributed by atoms with van der Waals surface area (Å²) in [4.78, 5) is 10.1. The highest BCUT2D eigenvalue weighted by Crippen LogP contribution is 2.13. The maximum Gasteiger partial charge on any atom is 0.269 e. The minimum atomic E-state index is -0.374. The first-order chi connectivity index (χ1) is 8.25. The number of non-ortho nitro benzene ring substituents is 1. The fourth-order valence-electron chi connectivity index (χ4n) is 1.72. The molecule has 0 heterocycles. The quantitative estimate of drug-likeness (QED) is 0.593. The molecule has 0 saturated heterocycles. The Morgan fingerprint density at radius 3 is 1.88 bits per heavy atom. The molecule has 0 atom stereocenters. The molecule has 3 heteroatoms. The Morgan fingerprint density at radius 2 is 1.35 bits per heavy atom. The van der Waals surface area contributed by atoms with Crippen molar-refractivity contribution in [2.45, 2.75) is 12.8 Å². The van der Waals surface area contributed by atoms with E-state index in [-0.39, 0.29) is 10.6 Å². The van der Waals surface area contributed by atoms with E-state index in [4.69, 9.17) is 0 Å².